The van der Waals surface area contributed by atoms with Crippen molar-refractivity contribution in [2.45, 2.75) is 39.4 Å². The zero-order valence-corrected chi connectivity index (χ0v) is 16.7. The number of hydrogen-bond acceptors (Lipinski definition) is 4. The highest BCUT2D eigenvalue weighted by Gasteiger charge is 2.21. The maximum absolute atomic E-state index is 11.4. The van der Waals surface area contributed by atoms with Crippen LogP contribution in [-0.4, -0.2) is 37.0 Å². The molecule has 0 saturated carbocycles. The molecule has 0 aliphatic heterocycles. The molecule has 1 atom stereocenters. The smallest absolute Gasteiger partial charge is 0.333 e. The van der Waals surface area contributed by atoms with Crippen molar-refractivity contribution in [3.05, 3.63) is 59.2 Å². The number of rotatable bonds is 8. The summed E-state index contributed by atoms with van der Waals surface area (Å²) in [6.45, 7) is 5.83. The summed E-state index contributed by atoms with van der Waals surface area (Å²) in [6.07, 6.45) is -0.850. The number of benzene rings is 2. The zero-order chi connectivity index (χ0) is 20.5. The quantitative estimate of drug-likeness (QED) is 0.703. The lowest BCUT2D eigenvalue weighted by atomic mass is 10.1. The first-order chi connectivity index (χ1) is 13.4. The van der Waals surface area contributed by atoms with Crippen LogP contribution in [0.2, 0.25) is 0 Å². The van der Waals surface area contributed by atoms with E-state index in [9.17, 15) is 9.90 Å². The van der Waals surface area contributed by atoms with Gasteiger partial charge in [-0.3, -0.25) is 0 Å². The molecule has 0 fully saturated rings. The lowest BCUT2D eigenvalue weighted by Gasteiger charge is -2.17. The van der Waals surface area contributed by atoms with E-state index in [1.807, 2.05) is 51.1 Å². The summed E-state index contributed by atoms with van der Waals surface area (Å²) >= 11 is 0. The Bertz CT molecular complexity index is 861. The predicted octanol–water partition coefficient (Wildman–Crippen LogP) is 3.85. The molecule has 0 amide bonds. The third-order valence-corrected chi connectivity index (χ3v) is 3.91. The Kier molecular flexibility index (Phi) is 7.91. The van der Waals surface area contributed by atoms with Gasteiger partial charge in [0.05, 0.1) is 13.2 Å². The molecule has 5 nitrogen and oxygen atoms in total. The topological polar surface area (TPSA) is 65.0 Å². The second-order valence-corrected chi connectivity index (χ2v) is 6.66. The van der Waals surface area contributed by atoms with Gasteiger partial charge in [0, 0.05) is 12.0 Å². The Morgan fingerprint density at radius 2 is 1.93 bits per heavy atom. The van der Waals surface area contributed by atoms with Crippen molar-refractivity contribution < 1.29 is 24.1 Å². The van der Waals surface area contributed by atoms with Crippen LogP contribution >= 0.6 is 0 Å². The standard InChI is InChI=1S/C23H26O5/c1-16(2)28-22(23(24)25)15-19-10-11-20(26-4)21(14-19)27-12-6-9-18-8-5-7-17(3)13-18/h5,7-8,10-11,13-14,16,22H,12,15H2,1-4H3,(H,24,25). The molecular weight excluding hydrogens is 356 g/mol. The van der Waals surface area contributed by atoms with Crippen LogP contribution in [0.15, 0.2) is 42.5 Å². The fraction of sp³-hybridized carbons (Fsp3) is 0.348. The Morgan fingerprint density at radius 1 is 1.14 bits per heavy atom. The molecule has 1 N–H and O–H groups in total. The highest BCUT2D eigenvalue weighted by atomic mass is 16.5. The lowest BCUT2D eigenvalue weighted by Crippen LogP contribution is -2.29. The molecule has 0 aromatic heterocycles. The Labute approximate surface area is 166 Å². The van der Waals surface area contributed by atoms with Gasteiger partial charge < -0.3 is 19.3 Å². The minimum Gasteiger partial charge on any atom is -0.493 e. The zero-order valence-electron chi connectivity index (χ0n) is 16.7. The van der Waals surface area contributed by atoms with Gasteiger partial charge in [-0.15, -0.1) is 0 Å². The fourth-order valence-corrected chi connectivity index (χ4v) is 2.67. The minimum atomic E-state index is -0.990. The first-order valence-corrected chi connectivity index (χ1v) is 9.12. The van der Waals surface area contributed by atoms with Crippen molar-refractivity contribution >= 4 is 5.97 Å². The van der Waals surface area contributed by atoms with E-state index in [1.165, 1.54) is 0 Å². The summed E-state index contributed by atoms with van der Waals surface area (Å²) in [5.74, 6) is 6.15. The summed E-state index contributed by atoms with van der Waals surface area (Å²) in [5.41, 5.74) is 2.87. The summed E-state index contributed by atoms with van der Waals surface area (Å²) < 4.78 is 16.6. The van der Waals surface area contributed by atoms with Crippen LogP contribution < -0.4 is 9.47 Å². The van der Waals surface area contributed by atoms with Crippen LogP contribution in [0.3, 0.4) is 0 Å². The lowest BCUT2D eigenvalue weighted by molar-refractivity contribution is -0.153. The van der Waals surface area contributed by atoms with E-state index in [0.29, 0.717) is 11.5 Å². The molecule has 2 rings (SSSR count). The van der Waals surface area contributed by atoms with Gasteiger partial charge in [-0.25, -0.2) is 4.79 Å². The van der Waals surface area contributed by atoms with E-state index in [-0.39, 0.29) is 19.1 Å². The molecule has 2 aromatic rings. The van der Waals surface area contributed by atoms with Crippen molar-refractivity contribution in [3.63, 3.8) is 0 Å². The summed E-state index contributed by atoms with van der Waals surface area (Å²) in [6, 6.07) is 13.3. The molecule has 0 saturated heterocycles. The number of hydrogen-bond donors (Lipinski definition) is 1. The molecule has 148 valence electrons. The first-order valence-electron chi connectivity index (χ1n) is 9.12. The van der Waals surface area contributed by atoms with Gasteiger partial charge in [-0.05, 0) is 56.2 Å². The normalized spacial score (nSPS) is 11.5. The molecule has 0 bridgehead atoms. The van der Waals surface area contributed by atoms with E-state index in [4.69, 9.17) is 14.2 Å². The van der Waals surface area contributed by atoms with E-state index in [2.05, 4.69) is 11.8 Å². The second-order valence-electron chi connectivity index (χ2n) is 6.66. The number of carboxylic acid groups (broad SMARTS) is 1. The van der Waals surface area contributed by atoms with Crippen LogP contribution in [0.5, 0.6) is 11.5 Å². The van der Waals surface area contributed by atoms with Crippen LogP contribution in [0.25, 0.3) is 0 Å². The third-order valence-electron chi connectivity index (χ3n) is 3.91. The Hall–Kier alpha value is -2.97. The van der Waals surface area contributed by atoms with Gasteiger partial charge >= 0.3 is 5.97 Å². The molecule has 0 spiro atoms. The van der Waals surface area contributed by atoms with Crippen molar-refractivity contribution in [1.29, 1.82) is 0 Å². The molecule has 0 heterocycles. The Morgan fingerprint density at radius 3 is 2.57 bits per heavy atom. The van der Waals surface area contributed by atoms with Crippen LogP contribution in [0, 0.1) is 18.8 Å². The number of aryl methyl sites for hydroxylation is 1. The summed E-state index contributed by atoms with van der Waals surface area (Å²) in [4.78, 5) is 11.4. The van der Waals surface area contributed by atoms with Crippen molar-refractivity contribution in [1.82, 2.24) is 0 Å². The van der Waals surface area contributed by atoms with Crippen molar-refractivity contribution in [3.8, 4) is 23.3 Å². The fourth-order valence-electron chi connectivity index (χ4n) is 2.67. The Balaban J connectivity index is 2.09. The number of methoxy groups -OCH3 is 1. The number of ether oxygens (including phenoxy) is 3. The van der Waals surface area contributed by atoms with Crippen LogP contribution in [0.1, 0.15) is 30.5 Å². The van der Waals surface area contributed by atoms with Gasteiger partial charge in [0.1, 0.15) is 6.61 Å². The number of aliphatic carboxylic acids is 1. The van der Waals surface area contributed by atoms with Gasteiger partial charge in [-0.1, -0.05) is 30.0 Å². The SMILES string of the molecule is COc1ccc(CC(OC(C)C)C(=O)O)cc1OCC#Cc1cccc(C)c1. The largest absolute Gasteiger partial charge is 0.493 e. The average Bonchev–Trinajstić information content (AvgIpc) is 2.64. The minimum absolute atomic E-state index is 0.174. The molecule has 0 radical (unpaired) electrons. The number of carboxylic acids is 1. The van der Waals surface area contributed by atoms with Crippen LogP contribution in [0.4, 0.5) is 0 Å². The van der Waals surface area contributed by atoms with E-state index < -0.39 is 12.1 Å². The first kappa shape index (κ1) is 21.3. The number of carbonyl (C=O) groups is 1. The third kappa shape index (κ3) is 6.64. The van der Waals surface area contributed by atoms with E-state index >= 15 is 0 Å². The van der Waals surface area contributed by atoms with Crippen molar-refractivity contribution in [2.75, 3.05) is 13.7 Å². The van der Waals surface area contributed by atoms with E-state index in [0.717, 1.165) is 16.7 Å². The van der Waals surface area contributed by atoms with Crippen LogP contribution in [-0.2, 0) is 16.0 Å². The van der Waals surface area contributed by atoms with Gasteiger partial charge in [0.25, 0.3) is 0 Å². The van der Waals surface area contributed by atoms with Gasteiger partial charge in [-0.2, -0.15) is 0 Å². The summed E-state index contributed by atoms with van der Waals surface area (Å²) in [5, 5.41) is 9.36. The van der Waals surface area contributed by atoms with E-state index in [1.54, 1.807) is 19.2 Å². The van der Waals surface area contributed by atoms with Gasteiger partial charge in [0.2, 0.25) is 0 Å². The monoisotopic (exact) mass is 382 g/mol. The summed E-state index contributed by atoms with van der Waals surface area (Å²) in [7, 11) is 1.56. The molecule has 5 heteroatoms. The van der Waals surface area contributed by atoms with Crippen molar-refractivity contribution in [2.24, 2.45) is 0 Å². The van der Waals surface area contributed by atoms with Gasteiger partial charge in [0.15, 0.2) is 17.6 Å². The maximum atomic E-state index is 11.4. The molecule has 0 aliphatic carbocycles. The highest BCUT2D eigenvalue weighted by Crippen LogP contribution is 2.28. The second kappa shape index (κ2) is 10.4. The predicted molar refractivity (Wildman–Crippen MR) is 108 cm³/mol. The molecule has 2 aromatic carbocycles. The molecular formula is C23H26O5. The molecule has 1 unspecified atom stereocenters. The molecule has 0 aliphatic rings. The average molecular weight is 382 g/mol. The molecule has 28 heavy (non-hydrogen) atoms. The highest BCUT2D eigenvalue weighted by molar-refractivity contribution is 5.72. The maximum Gasteiger partial charge on any atom is 0.333 e.